The molecule has 3 aromatic rings. The second-order valence-electron chi connectivity index (χ2n) is 6.36. The monoisotopic (exact) mass is 440 g/mol. The van der Waals surface area contributed by atoms with Gasteiger partial charge in [-0.15, -0.1) is 0 Å². The number of sulfonamides is 1. The van der Waals surface area contributed by atoms with Gasteiger partial charge in [-0.2, -0.15) is 0 Å². The number of nitrogens with two attached hydrogens (primary N) is 1. The number of furan rings is 1. The number of rotatable bonds is 8. The molecule has 5 N–H and O–H groups in total. The van der Waals surface area contributed by atoms with E-state index >= 15 is 0 Å². The van der Waals surface area contributed by atoms with Gasteiger partial charge in [0.15, 0.2) is 0 Å². The van der Waals surface area contributed by atoms with Crippen molar-refractivity contribution in [3.05, 3.63) is 84.3 Å². The van der Waals surface area contributed by atoms with Crippen molar-refractivity contribution in [1.29, 1.82) is 0 Å². The van der Waals surface area contributed by atoms with Gasteiger partial charge in [-0.05, 0) is 60.2 Å². The number of hydrogen-bond donors (Lipinski definition) is 4. The Labute approximate surface area is 179 Å². The second kappa shape index (κ2) is 9.74. The number of hydrogen-bond acceptors (Lipinski definition) is 5. The molecule has 0 aliphatic carbocycles. The van der Waals surface area contributed by atoms with E-state index in [0.717, 1.165) is 0 Å². The molecule has 0 saturated carbocycles. The van der Waals surface area contributed by atoms with Crippen LogP contribution in [0.3, 0.4) is 0 Å². The Hall–Kier alpha value is -3.89. The molecular weight excluding hydrogens is 420 g/mol. The molecule has 1 aromatic heterocycles. The lowest BCUT2D eigenvalue weighted by molar-refractivity contribution is -0.111. The fourth-order valence-electron chi connectivity index (χ4n) is 2.56. The van der Waals surface area contributed by atoms with Crippen LogP contribution in [0.4, 0.5) is 16.2 Å². The number of benzene rings is 2. The fourth-order valence-corrected chi connectivity index (χ4v) is 3.55. The van der Waals surface area contributed by atoms with E-state index in [1.165, 1.54) is 24.5 Å². The minimum Gasteiger partial charge on any atom is -0.468 e. The van der Waals surface area contributed by atoms with E-state index in [1.807, 2.05) is 0 Å². The summed E-state index contributed by atoms with van der Waals surface area (Å²) >= 11 is 0. The summed E-state index contributed by atoms with van der Waals surface area (Å²) in [6, 6.07) is 15.2. The van der Waals surface area contributed by atoms with Crippen molar-refractivity contribution in [2.75, 3.05) is 10.6 Å². The third-order valence-electron chi connectivity index (χ3n) is 4.05. The number of nitrogens with one attached hydrogen (secondary N) is 3. The average molecular weight is 440 g/mol. The molecule has 160 valence electrons. The minimum absolute atomic E-state index is 0.0523. The van der Waals surface area contributed by atoms with Gasteiger partial charge in [-0.1, -0.05) is 12.1 Å². The van der Waals surface area contributed by atoms with Crippen molar-refractivity contribution >= 4 is 39.4 Å². The van der Waals surface area contributed by atoms with Gasteiger partial charge >= 0.3 is 6.03 Å². The quantitative estimate of drug-likeness (QED) is 0.398. The summed E-state index contributed by atoms with van der Waals surface area (Å²) in [5, 5.41) is 5.10. The molecule has 3 rings (SSSR count). The predicted molar refractivity (Wildman–Crippen MR) is 116 cm³/mol. The van der Waals surface area contributed by atoms with Crippen molar-refractivity contribution in [3.63, 3.8) is 0 Å². The topological polar surface area (TPSA) is 144 Å². The van der Waals surface area contributed by atoms with Crippen molar-refractivity contribution in [3.8, 4) is 0 Å². The first-order valence-electron chi connectivity index (χ1n) is 9.09. The number of amides is 3. The lowest BCUT2D eigenvalue weighted by Gasteiger charge is -2.06. The molecule has 0 fully saturated rings. The fraction of sp³-hybridized carbons (Fsp3) is 0.0476. The van der Waals surface area contributed by atoms with Crippen LogP contribution in [0, 0.1) is 0 Å². The smallest absolute Gasteiger partial charge is 0.316 e. The number of anilines is 2. The summed E-state index contributed by atoms with van der Waals surface area (Å²) in [5.41, 5.74) is 6.74. The highest BCUT2D eigenvalue weighted by molar-refractivity contribution is 7.89. The Morgan fingerprint density at radius 2 is 1.58 bits per heavy atom. The number of urea groups is 1. The lowest BCUT2D eigenvalue weighted by Crippen LogP contribution is -2.22. The molecule has 0 saturated heterocycles. The number of primary amides is 1. The van der Waals surface area contributed by atoms with E-state index in [9.17, 15) is 18.0 Å². The molecular formula is C21H20N4O5S. The first-order chi connectivity index (χ1) is 14.8. The van der Waals surface area contributed by atoms with E-state index in [4.69, 9.17) is 10.2 Å². The van der Waals surface area contributed by atoms with E-state index in [1.54, 1.807) is 54.6 Å². The zero-order chi connectivity index (χ0) is 22.3. The van der Waals surface area contributed by atoms with Gasteiger partial charge in [-0.3, -0.25) is 4.79 Å². The molecule has 10 heteroatoms. The highest BCUT2D eigenvalue weighted by Gasteiger charge is 2.14. The van der Waals surface area contributed by atoms with Crippen molar-refractivity contribution in [2.24, 2.45) is 5.73 Å². The minimum atomic E-state index is -3.68. The van der Waals surface area contributed by atoms with Crippen LogP contribution >= 0.6 is 0 Å². The normalized spacial score (nSPS) is 11.4. The van der Waals surface area contributed by atoms with E-state index < -0.39 is 16.1 Å². The molecule has 0 radical (unpaired) electrons. The molecule has 3 amide bonds. The molecule has 0 unspecified atom stereocenters. The first kappa shape index (κ1) is 21.8. The Morgan fingerprint density at radius 3 is 2.16 bits per heavy atom. The van der Waals surface area contributed by atoms with Crippen molar-refractivity contribution in [1.82, 2.24) is 4.72 Å². The van der Waals surface area contributed by atoms with E-state index in [-0.39, 0.29) is 17.3 Å². The Bertz CT molecular complexity index is 1170. The molecule has 0 atom stereocenters. The third kappa shape index (κ3) is 6.56. The Balaban J connectivity index is 1.56. The van der Waals surface area contributed by atoms with Gasteiger partial charge in [0.05, 0.1) is 17.7 Å². The summed E-state index contributed by atoms with van der Waals surface area (Å²) < 4.78 is 32.2. The molecule has 0 bridgehead atoms. The summed E-state index contributed by atoms with van der Waals surface area (Å²) in [6.45, 7) is 0.0523. The van der Waals surface area contributed by atoms with Crippen molar-refractivity contribution < 1.29 is 22.4 Å². The zero-order valence-corrected chi connectivity index (χ0v) is 17.1. The van der Waals surface area contributed by atoms with Crippen LogP contribution in [-0.4, -0.2) is 20.4 Å². The van der Waals surface area contributed by atoms with Crippen LogP contribution in [0.15, 0.2) is 82.3 Å². The maximum atomic E-state index is 12.3. The van der Waals surface area contributed by atoms with E-state index in [2.05, 4.69) is 15.4 Å². The van der Waals surface area contributed by atoms with Crippen LogP contribution in [0.2, 0.25) is 0 Å². The summed E-state index contributed by atoms with van der Waals surface area (Å²) in [6.07, 6.45) is 4.36. The highest BCUT2D eigenvalue weighted by Crippen LogP contribution is 2.15. The third-order valence-corrected chi connectivity index (χ3v) is 5.47. The van der Waals surface area contributed by atoms with E-state index in [0.29, 0.717) is 22.7 Å². The number of carbonyl (C=O) groups is 2. The molecule has 0 aliphatic heterocycles. The van der Waals surface area contributed by atoms with Crippen LogP contribution < -0.4 is 21.1 Å². The standard InChI is InChI=1S/C21H20N4O5S/c22-21(27)25-17-8-6-16(7-9-17)24-20(26)12-5-15-3-10-19(11-4-15)31(28,29)23-14-18-2-1-13-30-18/h1-13,23H,14H2,(H,24,26)(H3,22,25,27)/b12-5+. The molecule has 9 nitrogen and oxygen atoms in total. The lowest BCUT2D eigenvalue weighted by atomic mass is 10.2. The predicted octanol–water partition coefficient (Wildman–Crippen LogP) is 2.90. The van der Waals surface area contributed by atoms with Gasteiger partial charge < -0.3 is 20.8 Å². The SMILES string of the molecule is NC(=O)Nc1ccc(NC(=O)/C=C/c2ccc(S(=O)(=O)NCc3ccco3)cc2)cc1. The maximum Gasteiger partial charge on any atom is 0.316 e. The maximum absolute atomic E-state index is 12.3. The average Bonchev–Trinajstić information content (AvgIpc) is 3.26. The van der Waals surface area contributed by atoms with Gasteiger partial charge in [0.25, 0.3) is 0 Å². The Kier molecular flexibility index (Phi) is 6.85. The molecule has 2 aromatic carbocycles. The summed E-state index contributed by atoms with van der Waals surface area (Å²) in [4.78, 5) is 23.0. The largest absolute Gasteiger partial charge is 0.468 e. The van der Waals surface area contributed by atoms with Crippen LogP contribution in [0.5, 0.6) is 0 Å². The second-order valence-corrected chi connectivity index (χ2v) is 8.13. The van der Waals surface area contributed by atoms with Crippen LogP contribution in [0.1, 0.15) is 11.3 Å². The molecule has 0 spiro atoms. The highest BCUT2D eigenvalue weighted by atomic mass is 32.2. The van der Waals surface area contributed by atoms with Crippen LogP contribution in [0.25, 0.3) is 6.08 Å². The van der Waals surface area contributed by atoms with Gasteiger partial charge in [0.2, 0.25) is 15.9 Å². The Morgan fingerprint density at radius 1 is 0.935 bits per heavy atom. The summed E-state index contributed by atoms with van der Waals surface area (Å²) in [5.74, 6) is 0.139. The zero-order valence-electron chi connectivity index (χ0n) is 16.2. The van der Waals surface area contributed by atoms with Crippen LogP contribution in [-0.2, 0) is 21.4 Å². The van der Waals surface area contributed by atoms with Crippen molar-refractivity contribution in [2.45, 2.75) is 11.4 Å². The van der Waals surface area contributed by atoms with Gasteiger partial charge in [-0.25, -0.2) is 17.9 Å². The number of carbonyl (C=O) groups excluding carboxylic acids is 2. The molecule has 1 heterocycles. The molecule has 0 aliphatic rings. The molecule has 31 heavy (non-hydrogen) atoms. The summed E-state index contributed by atoms with van der Waals surface area (Å²) in [7, 11) is -3.68. The van der Waals surface area contributed by atoms with Gasteiger partial charge in [0.1, 0.15) is 5.76 Å². The van der Waals surface area contributed by atoms with Gasteiger partial charge in [0, 0.05) is 17.5 Å². The first-order valence-corrected chi connectivity index (χ1v) is 10.6.